The number of fused-ring (bicyclic) bond motifs is 3. The molecule has 1 aliphatic rings. The Hall–Kier alpha value is -3.90. The van der Waals surface area contributed by atoms with Gasteiger partial charge in [-0.05, 0) is 36.2 Å². The Morgan fingerprint density at radius 2 is 1.57 bits per heavy atom. The zero-order valence-electron chi connectivity index (χ0n) is 36.1. The molecular formula is C48H51GeIrN3O-2. The number of nitrogens with zero attached hydrogens (tertiary/aromatic N) is 3. The van der Waals surface area contributed by atoms with Gasteiger partial charge in [-0.1, -0.05) is 85.0 Å². The van der Waals surface area contributed by atoms with Crippen LogP contribution in [0.3, 0.4) is 0 Å². The third-order valence-corrected chi connectivity index (χ3v) is 13.8. The minimum absolute atomic E-state index is 0. The average molecular weight is 955 g/mol. The number of hydrogen-bond acceptors (Lipinski definition) is 4. The molecule has 0 saturated heterocycles. The maximum Gasteiger partial charge on any atom is 0.216 e. The molecule has 1 radical (unpaired) electrons. The van der Waals surface area contributed by atoms with E-state index in [1.807, 2.05) is 124 Å². The summed E-state index contributed by atoms with van der Waals surface area (Å²) in [6.07, 6.45) is 6.10. The standard InChI is InChI=1S/C29H25N2O.C19H26GeN.Ir/c1-3-8-20(9-4-1)18-21-16-17-30-27(19-21)25-13-7-12-23-24-14-15-26(22-10-5-2-6-11-22)31-29(24)32-28(23)25;1-19(2,3)13-16-12-18(15-10-8-7-9-11-15)21-14-17(16)20(4,5)6;/h2,5-7,10-12,14-17,19-20H,1,3-4,8-9,18H2;7-10,12,14H,13H2,1-6H3;/q2*-1;/i18D2;13D2;. The van der Waals surface area contributed by atoms with Gasteiger partial charge >= 0.3 is 135 Å². The molecule has 4 heterocycles. The number of rotatable bonds is 7. The van der Waals surface area contributed by atoms with Crippen LogP contribution in [-0.2, 0) is 32.9 Å². The Morgan fingerprint density at radius 1 is 0.796 bits per heavy atom. The summed E-state index contributed by atoms with van der Waals surface area (Å²) in [7, 11) is 0. The Balaban J connectivity index is 0.000000208. The largest absolute Gasteiger partial charge is 0.486 e. The van der Waals surface area contributed by atoms with Gasteiger partial charge in [-0.15, -0.1) is 18.2 Å². The summed E-state index contributed by atoms with van der Waals surface area (Å²) >= 11 is -2.24. The second-order valence-electron chi connectivity index (χ2n) is 16.0. The van der Waals surface area contributed by atoms with Crippen LogP contribution in [0.1, 0.15) is 69.5 Å². The van der Waals surface area contributed by atoms with Gasteiger partial charge in [0.2, 0.25) is 5.71 Å². The van der Waals surface area contributed by atoms with Gasteiger partial charge in [-0.25, -0.2) is 4.98 Å². The summed E-state index contributed by atoms with van der Waals surface area (Å²) in [4.78, 5) is 14.0. The molecule has 0 amide bonds. The van der Waals surface area contributed by atoms with Crippen LogP contribution in [0.2, 0.25) is 17.3 Å². The van der Waals surface area contributed by atoms with E-state index in [1.54, 1.807) is 6.20 Å². The molecule has 7 aromatic rings. The second kappa shape index (κ2) is 17.3. The third-order valence-electron chi connectivity index (χ3n) is 9.57. The number of hydrogen-bond donors (Lipinski definition) is 0. The molecule has 8 rings (SSSR count). The topological polar surface area (TPSA) is 51.8 Å². The Labute approximate surface area is 343 Å². The average Bonchev–Trinajstić information content (AvgIpc) is 3.59. The summed E-state index contributed by atoms with van der Waals surface area (Å²) in [5, 5.41) is 1.90. The molecule has 6 heteroatoms. The van der Waals surface area contributed by atoms with Crippen molar-refractivity contribution in [2.75, 3.05) is 0 Å². The van der Waals surface area contributed by atoms with Gasteiger partial charge in [-0.2, -0.15) is 0 Å². The number of benzene rings is 3. The Morgan fingerprint density at radius 3 is 2.30 bits per heavy atom. The summed E-state index contributed by atoms with van der Waals surface area (Å²) < 4.78 is 42.7. The number of aromatic nitrogens is 3. The minimum atomic E-state index is -2.24. The van der Waals surface area contributed by atoms with Crippen molar-refractivity contribution in [2.45, 2.75) is 82.9 Å². The van der Waals surface area contributed by atoms with Crippen molar-refractivity contribution >= 4 is 39.7 Å². The molecule has 0 atom stereocenters. The summed E-state index contributed by atoms with van der Waals surface area (Å²) in [6.45, 7) is 5.88. The zero-order valence-corrected chi connectivity index (χ0v) is 36.6. The molecule has 4 nitrogen and oxygen atoms in total. The van der Waals surface area contributed by atoms with E-state index < -0.39 is 31.4 Å². The molecule has 279 valence electrons. The van der Waals surface area contributed by atoms with Crippen LogP contribution in [-0.4, -0.2) is 28.2 Å². The van der Waals surface area contributed by atoms with Crippen LogP contribution in [0.15, 0.2) is 114 Å². The predicted octanol–water partition coefficient (Wildman–Crippen LogP) is 12.3. The summed E-state index contributed by atoms with van der Waals surface area (Å²) in [5.41, 5.74) is 7.26. The van der Waals surface area contributed by atoms with Crippen LogP contribution < -0.4 is 4.40 Å². The number of furan rings is 1. The molecule has 54 heavy (non-hydrogen) atoms. The maximum atomic E-state index is 8.87. The molecule has 0 aliphatic heterocycles. The van der Waals surface area contributed by atoms with Crippen LogP contribution in [0.5, 0.6) is 0 Å². The zero-order chi connectivity index (χ0) is 40.6. The first-order valence-electron chi connectivity index (χ1n) is 20.8. The molecule has 0 N–H and O–H groups in total. The van der Waals surface area contributed by atoms with E-state index in [0.29, 0.717) is 22.6 Å². The molecule has 4 aromatic heterocycles. The van der Waals surface area contributed by atoms with Crippen molar-refractivity contribution in [2.24, 2.45) is 11.3 Å². The van der Waals surface area contributed by atoms with E-state index in [4.69, 9.17) is 14.9 Å². The van der Waals surface area contributed by atoms with Gasteiger partial charge in [0.05, 0.1) is 11.3 Å². The van der Waals surface area contributed by atoms with Crippen molar-refractivity contribution in [1.82, 2.24) is 15.0 Å². The number of pyridine rings is 3. The molecule has 3 aromatic carbocycles. The van der Waals surface area contributed by atoms with E-state index in [0.717, 1.165) is 74.5 Å². The van der Waals surface area contributed by atoms with Gasteiger partial charge in [0.1, 0.15) is 0 Å². The first kappa shape index (κ1) is 34.6. The van der Waals surface area contributed by atoms with E-state index in [-0.39, 0.29) is 26.0 Å². The van der Waals surface area contributed by atoms with Crippen molar-refractivity contribution < 1.29 is 30.0 Å². The van der Waals surface area contributed by atoms with Crippen LogP contribution in [0.4, 0.5) is 0 Å². The molecule has 0 unspecified atom stereocenters. The van der Waals surface area contributed by atoms with E-state index >= 15 is 0 Å². The van der Waals surface area contributed by atoms with Crippen LogP contribution in [0, 0.1) is 23.5 Å². The van der Waals surface area contributed by atoms with E-state index in [9.17, 15) is 0 Å². The fourth-order valence-corrected chi connectivity index (χ4v) is 9.91. The van der Waals surface area contributed by atoms with Crippen molar-refractivity contribution in [3.8, 4) is 33.8 Å². The molecule has 0 spiro atoms. The van der Waals surface area contributed by atoms with Crippen LogP contribution >= 0.6 is 0 Å². The molecule has 1 aliphatic carbocycles. The maximum absolute atomic E-state index is 8.87. The van der Waals surface area contributed by atoms with Crippen molar-refractivity contribution in [3.05, 3.63) is 133 Å². The summed E-state index contributed by atoms with van der Waals surface area (Å²) in [5.74, 6) is 6.90. The minimum Gasteiger partial charge on any atom is -0.486 e. The molecule has 1 saturated carbocycles. The molecule has 0 bridgehead atoms. The first-order chi connectivity index (χ1) is 27.1. The monoisotopic (exact) mass is 956 g/mol. The quantitative estimate of drug-likeness (QED) is 0.118. The van der Waals surface area contributed by atoms with Gasteiger partial charge in [0, 0.05) is 40.0 Å². The fraction of sp³-hybridized carbons (Fsp3) is 0.312. The normalized spacial score (nSPS) is 15.3. The van der Waals surface area contributed by atoms with Crippen molar-refractivity contribution in [3.63, 3.8) is 0 Å². The van der Waals surface area contributed by atoms with Crippen LogP contribution in [0.25, 0.3) is 55.8 Å². The van der Waals surface area contributed by atoms with Gasteiger partial charge < -0.3 is 9.40 Å². The van der Waals surface area contributed by atoms with Gasteiger partial charge in [-0.3, -0.25) is 0 Å². The predicted molar refractivity (Wildman–Crippen MR) is 224 cm³/mol. The first-order valence-corrected chi connectivity index (χ1v) is 26.1. The Kier molecular flexibility index (Phi) is 11.1. The van der Waals surface area contributed by atoms with Gasteiger partial charge in [0.15, 0.2) is 0 Å². The fourth-order valence-electron chi connectivity index (χ4n) is 6.98. The van der Waals surface area contributed by atoms with Crippen molar-refractivity contribution in [1.29, 1.82) is 0 Å². The third kappa shape index (κ3) is 9.66. The SMILES string of the molecule is [2H]C([2H])(c1cc(-c2[c-]cccc2)nc[c]1[Ge]([CH3])([CH3])[CH3])C(C)(C)C.[2H]C([2H])(c1ccnc(-c2[c-]ccc3c2oc2nc(-c4ccccc4)ccc23)c1)C1CCCCC1.[Ir]. The van der Waals surface area contributed by atoms with Gasteiger partial charge in [0.25, 0.3) is 0 Å². The molecule has 1 fully saturated rings. The molecular weight excluding hydrogens is 899 g/mol. The summed E-state index contributed by atoms with van der Waals surface area (Å²) in [6, 6.07) is 37.8. The van der Waals surface area contributed by atoms with E-state index in [1.165, 1.54) is 6.42 Å². The van der Waals surface area contributed by atoms with E-state index in [2.05, 4.69) is 39.4 Å². The Bertz CT molecular complexity index is 2490. The second-order valence-corrected chi connectivity index (χ2v) is 26.6. The smallest absolute Gasteiger partial charge is 0.216 e.